The summed E-state index contributed by atoms with van der Waals surface area (Å²) in [6.07, 6.45) is 0.0280. The molecular weight excluding hydrogens is 324 g/mol. The lowest BCUT2D eigenvalue weighted by Gasteiger charge is -2.42. The predicted octanol–water partition coefficient (Wildman–Crippen LogP) is 0.848. The normalized spacial score (nSPS) is 21.2. The zero-order chi connectivity index (χ0) is 17.3. The minimum Gasteiger partial charge on any atom is -0.448 e. The Kier molecular flexibility index (Phi) is 5.02. The van der Waals surface area contributed by atoms with Crippen LogP contribution in [0.3, 0.4) is 0 Å². The fourth-order valence-electron chi connectivity index (χ4n) is 2.53. The highest BCUT2D eigenvalue weighted by molar-refractivity contribution is 7.89. The smallest absolute Gasteiger partial charge is 0.331 e. The predicted molar refractivity (Wildman–Crippen MR) is 81.4 cm³/mol. The topological polar surface area (TPSA) is 109 Å². The Labute approximate surface area is 135 Å². The number of carbonyl (C=O) groups is 1. The molecule has 0 saturated carbocycles. The van der Waals surface area contributed by atoms with Crippen LogP contribution >= 0.6 is 0 Å². The molecule has 23 heavy (non-hydrogen) atoms. The molecule has 1 atom stereocenters. The summed E-state index contributed by atoms with van der Waals surface area (Å²) >= 11 is 0. The number of aryl methyl sites for hydroxylation is 1. The lowest BCUT2D eigenvalue weighted by molar-refractivity contribution is -0.129. The van der Waals surface area contributed by atoms with Gasteiger partial charge in [0.15, 0.2) is 0 Å². The van der Waals surface area contributed by atoms with E-state index in [1.54, 1.807) is 20.8 Å². The van der Waals surface area contributed by atoms with Crippen LogP contribution in [-0.2, 0) is 14.8 Å². The number of sulfonamides is 1. The summed E-state index contributed by atoms with van der Waals surface area (Å²) < 4.78 is 37.1. The van der Waals surface area contributed by atoms with Crippen molar-refractivity contribution in [1.29, 1.82) is 0 Å². The summed E-state index contributed by atoms with van der Waals surface area (Å²) in [5.41, 5.74) is -0.625. The highest BCUT2D eigenvalue weighted by atomic mass is 32.2. The third kappa shape index (κ3) is 4.46. The van der Waals surface area contributed by atoms with Crippen molar-refractivity contribution in [3.8, 4) is 0 Å². The SMILES string of the molecule is Cc1ccc(S(=O)(=O)NC(=O)N2CC(CCO)OC(C)(C)C2)o1. The number of nitrogens with zero attached hydrogens (tertiary/aromatic N) is 1. The van der Waals surface area contributed by atoms with Gasteiger partial charge in [-0.3, -0.25) is 0 Å². The maximum absolute atomic E-state index is 12.3. The first kappa shape index (κ1) is 17.8. The van der Waals surface area contributed by atoms with Gasteiger partial charge in [-0.05, 0) is 39.3 Å². The summed E-state index contributed by atoms with van der Waals surface area (Å²) in [6, 6.07) is 2.06. The first-order chi connectivity index (χ1) is 10.6. The van der Waals surface area contributed by atoms with Gasteiger partial charge in [0.05, 0.1) is 18.2 Å². The largest absolute Gasteiger partial charge is 0.448 e. The molecule has 130 valence electrons. The average molecular weight is 346 g/mol. The summed E-state index contributed by atoms with van der Waals surface area (Å²) in [5.74, 6) is 0.438. The lowest BCUT2D eigenvalue weighted by Crippen LogP contribution is -2.57. The van der Waals surface area contributed by atoms with E-state index in [1.807, 2.05) is 4.72 Å². The molecular formula is C14H22N2O6S. The van der Waals surface area contributed by atoms with Crippen LogP contribution in [0.4, 0.5) is 4.79 Å². The maximum Gasteiger partial charge on any atom is 0.331 e. The number of hydrogen-bond acceptors (Lipinski definition) is 6. The minimum absolute atomic E-state index is 0.0693. The standard InChI is InChI=1S/C14H22N2O6S/c1-10-4-5-12(21-10)23(19,20)15-13(18)16-8-11(6-7-17)22-14(2,3)9-16/h4-5,11,17H,6-9H2,1-3H3,(H,15,18). The summed E-state index contributed by atoms with van der Waals surface area (Å²) in [7, 11) is -4.05. The molecule has 1 saturated heterocycles. The van der Waals surface area contributed by atoms with Gasteiger partial charge in [0.1, 0.15) is 5.76 Å². The number of aliphatic hydroxyl groups excluding tert-OH is 1. The number of urea groups is 1. The molecule has 0 bridgehead atoms. The number of nitrogens with one attached hydrogen (secondary N) is 1. The van der Waals surface area contributed by atoms with E-state index in [0.717, 1.165) is 0 Å². The highest BCUT2D eigenvalue weighted by Crippen LogP contribution is 2.23. The number of amides is 2. The van der Waals surface area contributed by atoms with Crippen molar-refractivity contribution in [3.63, 3.8) is 0 Å². The number of rotatable bonds is 4. The molecule has 1 aromatic rings. The average Bonchev–Trinajstić information content (AvgIpc) is 2.84. The van der Waals surface area contributed by atoms with E-state index in [-0.39, 0.29) is 30.9 Å². The monoisotopic (exact) mass is 346 g/mol. The summed E-state index contributed by atoms with van der Waals surface area (Å²) in [5, 5.41) is 8.74. The van der Waals surface area contributed by atoms with E-state index in [4.69, 9.17) is 14.3 Å². The van der Waals surface area contributed by atoms with Gasteiger partial charge in [-0.1, -0.05) is 0 Å². The maximum atomic E-state index is 12.3. The lowest BCUT2D eigenvalue weighted by atomic mass is 10.0. The van der Waals surface area contributed by atoms with Gasteiger partial charge >= 0.3 is 6.03 Å². The highest BCUT2D eigenvalue weighted by Gasteiger charge is 2.36. The van der Waals surface area contributed by atoms with Gasteiger partial charge in [-0.25, -0.2) is 9.52 Å². The summed E-state index contributed by atoms with van der Waals surface area (Å²) in [4.78, 5) is 13.7. The Hall–Kier alpha value is -1.58. The van der Waals surface area contributed by atoms with Crippen molar-refractivity contribution in [2.75, 3.05) is 19.7 Å². The van der Waals surface area contributed by atoms with E-state index < -0.39 is 21.7 Å². The van der Waals surface area contributed by atoms with E-state index >= 15 is 0 Å². The second-order valence-corrected chi connectivity index (χ2v) is 7.78. The Morgan fingerprint density at radius 3 is 2.74 bits per heavy atom. The minimum atomic E-state index is -4.05. The third-order valence-corrected chi connectivity index (χ3v) is 4.61. The van der Waals surface area contributed by atoms with Crippen molar-refractivity contribution >= 4 is 16.1 Å². The second-order valence-electron chi connectivity index (χ2n) is 6.17. The molecule has 0 aliphatic carbocycles. The van der Waals surface area contributed by atoms with Crippen LogP contribution < -0.4 is 4.72 Å². The zero-order valence-corrected chi connectivity index (χ0v) is 14.2. The number of ether oxygens (including phenoxy) is 1. The van der Waals surface area contributed by atoms with Gasteiger partial charge in [0.2, 0.25) is 5.09 Å². The molecule has 0 radical (unpaired) electrons. The summed E-state index contributed by atoms with van der Waals surface area (Å²) in [6.45, 7) is 5.61. The quantitative estimate of drug-likeness (QED) is 0.836. The number of furan rings is 1. The Balaban J connectivity index is 2.10. The van der Waals surface area contributed by atoms with Crippen LogP contribution in [0.15, 0.2) is 21.6 Å². The second kappa shape index (κ2) is 6.50. The van der Waals surface area contributed by atoms with Crippen LogP contribution in [-0.4, -0.2) is 55.9 Å². The van der Waals surface area contributed by atoms with Gasteiger partial charge < -0.3 is 19.2 Å². The van der Waals surface area contributed by atoms with Crippen molar-refractivity contribution < 1.29 is 27.5 Å². The van der Waals surface area contributed by atoms with Crippen LogP contribution in [0.2, 0.25) is 0 Å². The van der Waals surface area contributed by atoms with Crippen LogP contribution in [0.5, 0.6) is 0 Å². The molecule has 1 aliphatic rings. The third-order valence-electron chi connectivity index (χ3n) is 3.42. The number of morpholine rings is 1. The number of aliphatic hydroxyl groups is 1. The Morgan fingerprint density at radius 1 is 1.48 bits per heavy atom. The van der Waals surface area contributed by atoms with E-state index in [0.29, 0.717) is 12.2 Å². The van der Waals surface area contributed by atoms with Crippen LogP contribution in [0, 0.1) is 6.92 Å². The molecule has 2 N–H and O–H groups in total. The fraction of sp³-hybridized carbons (Fsp3) is 0.643. The zero-order valence-electron chi connectivity index (χ0n) is 13.4. The first-order valence-corrected chi connectivity index (χ1v) is 8.78. The Bertz CT molecular complexity index is 667. The molecule has 2 amide bonds. The van der Waals surface area contributed by atoms with Gasteiger partial charge in [-0.15, -0.1) is 0 Å². The van der Waals surface area contributed by atoms with Gasteiger partial charge in [0, 0.05) is 13.2 Å². The number of carbonyl (C=O) groups excluding carboxylic acids is 1. The van der Waals surface area contributed by atoms with E-state index in [2.05, 4.69) is 0 Å². The number of hydrogen-bond donors (Lipinski definition) is 2. The molecule has 9 heteroatoms. The van der Waals surface area contributed by atoms with Crippen molar-refractivity contribution in [2.45, 2.75) is 44.0 Å². The molecule has 2 heterocycles. The van der Waals surface area contributed by atoms with Gasteiger partial charge in [0.25, 0.3) is 10.0 Å². The van der Waals surface area contributed by atoms with E-state index in [9.17, 15) is 13.2 Å². The fourth-order valence-corrected chi connectivity index (χ4v) is 3.48. The molecule has 1 aliphatic heterocycles. The molecule has 0 aromatic carbocycles. The van der Waals surface area contributed by atoms with Crippen molar-refractivity contribution in [3.05, 3.63) is 17.9 Å². The molecule has 1 unspecified atom stereocenters. The molecule has 0 spiro atoms. The van der Waals surface area contributed by atoms with Crippen molar-refractivity contribution in [2.24, 2.45) is 0 Å². The van der Waals surface area contributed by atoms with Crippen molar-refractivity contribution in [1.82, 2.24) is 9.62 Å². The first-order valence-electron chi connectivity index (χ1n) is 7.30. The molecule has 2 rings (SSSR count). The molecule has 8 nitrogen and oxygen atoms in total. The Morgan fingerprint density at radius 2 is 2.17 bits per heavy atom. The van der Waals surface area contributed by atoms with Gasteiger partial charge in [-0.2, -0.15) is 8.42 Å². The molecule has 1 aromatic heterocycles. The molecule has 1 fully saturated rings. The van der Waals surface area contributed by atoms with Crippen LogP contribution in [0.1, 0.15) is 26.0 Å². The van der Waals surface area contributed by atoms with E-state index in [1.165, 1.54) is 17.0 Å². The van der Waals surface area contributed by atoms with Crippen LogP contribution in [0.25, 0.3) is 0 Å².